The lowest BCUT2D eigenvalue weighted by molar-refractivity contribution is -0.118. The first-order valence-corrected chi connectivity index (χ1v) is 12.6. The molecule has 35 heavy (non-hydrogen) atoms. The second-order valence-electron chi connectivity index (χ2n) is 9.29. The molecule has 0 unspecified atom stereocenters. The molecule has 1 fully saturated rings. The maximum Gasteiger partial charge on any atom is 0.253 e. The molecule has 0 aromatic heterocycles. The SMILES string of the molecule is CCCCC(=O)N(Cc1ccc(-c2cccc(C(=O)N3CCN(C)CC3)c2)cc1)c1ccccc1. The number of para-hydroxylation sites is 1. The molecule has 3 aromatic rings. The number of nitrogens with zero attached hydrogens (tertiary/aromatic N) is 3. The van der Waals surface area contributed by atoms with Crippen molar-refractivity contribution in [2.45, 2.75) is 32.7 Å². The summed E-state index contributed by atoms with van der Waals surface area (Å²) in [6.07, 6.45) is 2.45. The number of hydrogen-bond acceptors (Lipinski definition) is 3. The number of anilines is 1. The Morgan fingerprint density at radius 2 is 1.54 bits per heavy atom. The molecular formula is C30H35N3O2. The monoisotopic (exact) mass is 469 g/mol. The summed E-state index contributed by atoms with van der Waals surface area (Å²) in [5.74, 6) is 0.248. The molecule has 5 heteroatoms. The van der Waals surface area contributed by atoms with Crippen LogP contribution in [0.4, 0.5) is 5.69 Å². The maximum atomic E-state index is 13.0. The van der Waals surface area contributed by atoms with Crippen molar-refractivity contribution in [1.82, 2.24) is 9.80 Å². The highest BCUT2D eigenvalue weighted by molar-refractivity contribution is 5.95. The molecule has 0 N–H and O–H groups in total. The highest BCUT2D eigenvalue weighted by atomic mass is 16.2. The third-order valence-electron chi connectivity index (χ3n) is 6.64. The predicted molar refractivity (Wildman–Crippen MR) is 142 cm³/mol. The van der Waals surface area contributed by atoms with Crippen molar-refractivity contribution in [2.24, 2.45) is 0 Å². The van der Waals surface area contributed by atoms with Gasteiger partial charge < -0.3 is 14.7 Å². The number of carbonyl (C=O) groups excluding carboxylic acids is 2. The lowest BCUT2D eigenvalue weighted by Gasteiger charge is -2.32. The summed E-state index contributed by atoms with van der Waals surface area (Å²) < 4.78 is 0. The quantitative estimate of drug-likeness (QED) is 0.440. The van der Waals surface area contributed by atoms with Crippen LogP contribution in [-0.4, -0.2) is 54.8 Å². The first-order chi connectivity index (χ1) is 17.0. The summed E-state index contributed by atoms with van der Waals surface area (Å²) in [5, 5.41) is 0. The van der Waals surface area contributed by atoms with Gasteiger partial charge in [-0.1, -0.05) is 67.9 Å². The third-order valence-corrected chi connectivity index (χ3v) is 6.64. The van der Waals surface area contributed by atoms with Crippen LogP contribution in [0.5, 0.6) is 0 Å². The average molecular weight is 470 g/mol. The Labute approximate surface area is 209 Å². The van der Waals surface area contributed by atoms with Gasteiger partial charge in [0.15, 0.2) is 0 Å². The van der Waals surface area contributed by atoms with E-state index in [0.29, 0.717) is 13.0 Å². The topological polar surface area (TPSA) is 43.9 Å². The van der Waals surface area contributed by atoms with Gasteiger partial charge in [-0.25, -0.2) is 0 Å². The molecule has 2 amide bonds. The molecule has 0 spiro atoms. The Hall–Kier alpha value is -3.44. The van der Waals surface area contributed by atoms with E-state index < -0.39 is 0 Å². The van der Waals surface area contributed by atoms with E-state index >= 15 is 0 Å². The van der Waals surface area contributed by atoms with Gasteiger partial charge in [-0.05, 0) is 54.4 Å². The zero-order valence-electron chi connectivity index (χ0n) is 20.8. The summed E-state index contributed by atoms with van der Waals surface area (Å²) in [6.45, 7) is 6.00. The minimum absolute atomic E-state index is 0.0978. The summed E-state index contributed by atoms with van der Waals surface area (Å²) in [7, 11) is 2.09. The van der Waals surface area contributed by atoms with Crippen LogP contribution in [-0.2, 0) is 11.3 Å². The van der Waals surface area contributed by atoms with E-state index in [9.17, 15) is 9.59 Å². The molecule has 0 bridgehead atoms. The third kappa shape index (κ3) is 6.37. The molecule has 0 atom stereocenters. The lowest BCUT2D eigenvalue weighted by atomic mass is 10.0. The number of unbranched alkanes of at least 4 members (excludes halogenated alkanes) is 1. The lowest BCUT2D eigenvalue weighted by Crippen LogP contribution is -2.47. The molecule has 5 nitrogen and oxygen atoms in total. The molecule has 1 saturated heterocycles. The van der Waals surface area contributed by atoms with E-state index in [2.05, 4.69) is 43.1 Å². The van der Waals surface area contributed by atoms with E-state index in [-0.39, 0.29) is 11.8 Å². The fourth-order valence-electron chi connectivity index (χ4n) is 4.40. The van der Waals surface area contributed by atoms with Crippen molar-refractivity contribution in [3.05, 3.63) is 90.0 Å². The highest BCUT2D eigenvalue weighted by Crippen LogP contribution is 2.24. The van der Waals surface area contributed by atoms with E-state index in [1.165, 1.54) is 0 Å². The van der Waals surface area contributed by atoms with Crippen molar-refractivity contribution in [3.63, 3.8) is 0 Å². The zero-order chi connectivity index (χ0) is 24.6. The molecule has 1 aliphatic heterocycles. The smallest absolute Gasteiger partial charge is 0.253 e. The Morgan fingerprint density at radius 3 is 2.23 bits per heavy atom. The van der Waals surface area contributed by atoms with Crippen LogP contribution in [0.2, 0.25) is 0 Å². The molecular weight excluding hydrogens is 434 g/mol. The largest absolute Gasteiger partial charge is 0.336 e. The number of likely N-dealkylation sites (N-methyl/N-ethyl adjacent to an activating group) is 1. The molecule has 1 aliphatic rings. The Bertz CT molecular complexity index is 1120. The Morgan fingerprint density at radius 1 is 0.829 bits per heavy atom. The van der Waals surface area contributed by atoms with Gasteiger partial charge in [0.2, 0.25) is 5.91 Å². The summed E-state index contributed by atoms with van der Waals surface area (Å²) in [6, 6.07) is 26.1. The van der Waals surface area contributed by atoms with Crippen LogP contribution >= 0.6 is 0 Å². The number of carbonyl (C=O) groups is 2. The van der Waals surface area contributed by atoms with Gasteiger partial charge in [0.1, 0.15) is 0 Å². The van der Waals surface area contributed by atoms with Crippen LogP contribution in [0.15, 0.2) is 78.9 Å². The molecule has 182 valence electrons. The fraction of sp³-hybridized carbons (Fsp3) is 0.333. The molecule has 3 aromatic carbocycles. The van der Waals surface area contributed by atoms with Crippen molar-refractivity contribution in [1.29, 1.82) is 0 Å². The summed E-state index contributed by atoms with van der Waals surface area (Å²) in [4.78, 5) is 32.0. The average Bonchev–Trinajstić information content (AvgIpc) is 2.91. The molecule has 0 radical (unpaired) electrons. The van der Waals surface area contributed by atoms with E-state index in [4.69, 9.17) is 0 Å². The van der Waals surface area contributed by atoms with Crippen LogP contribution in [0.25, 0.3) is 11.1 Å². The first-order valence-electron chi connectivity index (χ1n) is 12.6. The summed E-state index contributed by atoms with van der Waals surface area (Å²) >= 11 is 0. The molecule has 0 saturated carbocycles. The highest BCUT2D eigenvalue weighted by Gasteiger charge is 2.21. The van der Waals surface area contributed by atoms with Crippen molar-refractivity contribution in [2.75, 3.05) is 38.1 Å². The van der Waals surface area contributed by atoms with E-state index in [1.54, 1.807) is 0 Å². The van der Waals surface area contributed by atoms with Crippen LogP contribution in [0, 0.1) is 0 Å². The van der Waals surface area contributed by atoms with Crippen molar-refractivity contribution in [3.8, 4) is 11.1 Å². The Kier molecular flexibility index (Phi) is 8.32. The van der Waals surface area contributed by atoms with Gasteiger partial charge in [0.05, 0.1) is 6.54 Å². The van der Waals surface area contributed by atoms with E-state index in [1.807, 2.05) is 64.4 Å². The van der Waals surface area contributed by atoms with Crippen LogP contribution in [0.3, 0.4) is 0 Å². The van der Waals surface area contributed by atoms with Crippen LogP contribution in [0.1, 0.15) is 42.1 Å². The molecule has 1 heterocycles. The standard InChI is InChI=1S/C30H35N3O2/c1-3-4-13-29(34)33(28-11-6-5-7-12-28)23-24-14-16-25(17-15-24)26-9-8-10-27(22-26)30(35)32-20-18-31(2)19-21-32/h5-12,14-17,22H,3-4,13,18-21,23H2,1-2H3. The molecule has 4 rings (SSSR count). The number of amides is 2. The van der Waals surface area contributed by atoms with Gasteiger partial charge in [-0.3, -0.25) is 9.59 Å². The second-order valence-corrected chi connectivity index (χ2v) is 9.29. The maximum absolute atomic E-state index is 13.0. The minimum Gasteiger partial charge on any atom is -0.336 e. The normalized spacial score (nSPS) is 14.1. The van der Waals surface area contributed by atoms with Gasteiger partial charge in [-0.2, -0.15) is 0 Å². The number of piperazine rings is 1. The Balaban J connectivity index is 1.48. The van der Waals surface area contributed by atoms with Crippen molar-refractivity contribution >= 4 is 17.5 Å². The number of hydrogen-bond donors (Lipinski definition) is 0. The zero-order valence-corrected chi connectivity index (χ0v) is 20.8. The predicted octanol–water partition coefficient (Wildman–Crippen LogP) is 5.46. The van der Waals surface area contributed by atoms with Crippen molar-refractivity contribution < 1.29 is 9.59 Å². The fourth-order valence-corrected chi connectivity index (χ4v) is 4.40. The van der Waals surface area contributed by atoms with Gasteiger partial charge >= 0.3 is 0 Å². The second kappa shape index (κ2) is 11.8. The first kappa shape index (κ1) is 24.7. The van der Waals surface area contributed by atoms with E-state index in [0.717, 1.165) is 67.0 Å². The number of rotatable bonds is 8. The van der Waals surface area contributed by atoms with Gasteiger partial charge in [0, 0.05) is 43.9 Å². The minimum atomic E-state index is 0.0978. The number of benzene rings is 3. The van der Waals surface area contributed by atoms with Crippen LogP contribution < -0.4 is 4.90 Å². The molecule has 0 aliphatic carbocycles. The van der Waals surface area contributed by atoms with Gasteiger partial charge in [0.25, 0.3) is 5.91 Å². The van der Waals surface area contributed by atoms with Gasteiger partial charge in [-0.15, -0.1) is 0 Å². The summed E-state index contributed by atoms with van der Waals surface area (Å²) in [5.41, 5.74) is 4.81.